The summed E-state index contributed by atoms with van der Waals surface area (Å²) in [5.74, 6) is 0.729. The van der Waals surface area contributed by atoms with Gasteiger partial charge < -0.3 is 9.47 Å². The van der Waals surface area contributed by atoms with Gasteiger partial charge in [0.1, 0.15) is 11.4 Å². The van der Waals surface area contributed by atoms with Gasteiger partial charge in [-0.2, -0.15) is 4.99 Å². The van der Waals surface area contributed by atoms with E-state index in [0.717, 1.165) is 30.6 Å². The van der Waals surface area contributed by atoms with Crippen LogP contribution < -0.4 is 4.74 Å². The summed E-state index contributed by atoms with van der Waals surface area (Å²) in [6, 6.07) is 7.35. The van der Waals surface area contributed by atoms with Crippen molar-refractivity contribution in [2.45, 2.75) is 45.6 Å². The molecule has 110 valence electrons. The molecule has 0 saturated carbocycles. The molecule has 1 rings (SSSR count). The zero-order valence-corrected chi connectivity index (χ0v) is 12.7. The Morgan fingerprint density at radius 2 is 1.90 bits per heavy atom. The van der Waals surface area contributed by atoms with Gasteiger partial charge in [-0.25, -0.2) is 4.79 Å². The Morgan fingerprint density at radius 3 is 2.45 bits per heavy atom. The molecule has 0 spiro atoms. The summed E-state index contributed by atoms with van der Waals surface area (Å²) in [5, 5.41) is 0. The molecule has 1 amide bonds. The van der Waals surface area contributed by atoms with E-state index >= 15 is 0 Å². The number of amides is 1. The van der Waals surface area contributed by atoms with Crippen molar-refractivity contribution in [1.82, 2.24) is 0 Å². The number of rotatable bonds is 6. The van der Waals surface area contributed by atoms with Crippen LogP contribution in [0.1, 0.15) is 45.6 Å². The van der Waals surface area contributed by atoms with Crippen molar-refractivity contribution in [3.63, 3.8) is 0 Å². The molecule has 0 bridgehead atoms. The first-order valence-corrected chi connectivity index (χ1v) is 7.00. The van der Waals surface area contributed by atoms with E-state index in [0.29, 0.717) is 0 Å². The fourth-order valence-corrected chi connectivity index (χ4v) is 2.03. The Bertz CT molecular complexity index is 456. The van der Waals surface area contributed by atoms with Gasteiger partial charge >= 0.3 is 6.09 Å². The van der Waals surface area contributed by atoms with Crippen molar-refractivity contribution in [2.24, 2.45) is 4.99 Å². The van der Waals surface area contributed by atoms with Crippen LogP contribution >= 0.6 is 0 Å². The van der Waals surface area contributed by atoms with E-state index in [2.05, 4.69) is 4.99 Å². The Balaban J connectivity index is 2.72. The summed E-state index contributed by atoms with van der Waals surface area (Å²) in [6.07, 6.45) is 3.33. The maximum Gasteiger partial charge on any atom is 0.434 e. The number of ether oxygens (including phenoxy) is 2. The molecule has 0 aliphatic carbocycles. The molecular weight excluding hydrogens is 254 g/mol. The van der Waals surface area contributed by atoms with Crippen LogP contribution in [0.5, 0.6) is 5.75 Å². The zero-order chi connectivity index (χ0) is 15.0. The summed E-state index contributed by atoms with van der Waals surface area (Å²) in [4.78, 5) is 15.7. The van der Waals surface area contributed by atoms with Gasteiger partial charge in [0.15, 0.2) is 0 Å². The number of benzene rings is 1. The van der Waals surface area contributed by atoms with E-state index in [1.54, 1.807) is 7.11 Å². The zero-order valence-electron chi connectivity index (χ0n) is 12.7. The van der Waals surface area contributed by atoms with Crippen LogP contribution in [0.15, 0.2) is 29.3 Å². The largest absolute Gasteiger partial charge is 0.497 e. The second-order valence-electron chi connectivity index (χ2n) is 4.65. The van der Waals surface area contributed by atoms with Gasteiger partial charge in [0.25, 0.3) is 0 Å². The Morgan fingerprint density at radius 1 is 1.25 bits per heavy atom. The number of carbonyl (C=O) groups excluding carboxylic acids is 1. The van der Waals surface area contributed by atoms with Gasteiger partial charge in [-0.05, 0) is 37.0 Å². The SMILES string of the molecule is CCC(CC)(CC)OC(=O)/N=C/c1cccc(OC)c1. The summed E-state index contributed by atoms with van der Waals surface area (Å²) in [5.41, 5.74) is 0.402. The molecule has 4 nitrogen and oxygen atoms in total. The lowest BCUT2D eigenvalue weighted by Crippen LogP contribution is -2.32. The Labute approximate surface area is 120 Å². The molecule has 0 N–H and O–H groups in total. The molecule has 20 heavy (non-hydrogen) atoms. The lowest BCUT2D eigenvalue weighted by Gasteiger charge is -2.29. The Kier molecular flexibility index (Phi) is 6.22. The molecule has 4 heteroatoms. The average molecular weight is 277 g/mol. The van der Waals surface area contributed by atoms with E-state index in [4.69, 9.17) is 9.47 Å². The van der Waals surface area contributed by atoms with Crippen molar-refractivity contribution < 1.29 is 14.3 Å². The van der Waals surface area contributed by atoms with E-state index in [1.165, 1.54) is 6.21 Å². The number of carbonyl (C=O) groups is 1. The summed E-state index contributed by atoms with van der Waals surface area (Å²) in [6.45, 7) is 6.06. The molecule has 0 aliphatic heterocycles. The fraction of sp³-hybridized carbons (Fsp3) is 0.500. The van der Waals surface area contributed by atoms with Crippen LogP contribution in [0.25, 0.3) is 0 Å². The molecule has 0 unspecified atom stereocenters. The highest BCUT2D eigenvalue weighted by atomic mass is 16.6. The molecular formula is C16H23NO3. The van der Waals surface area contributed by atoms with Gasteiger partial charge in [0.05, 0.1) is 7.11 Å². The van der Waals surface area contributed by atoms with Crippen LogP contribution in [0.2, 0.25) is 0 Å². The number of methoxy groups -OCH3 is 1. The number of hydrogen-bond donors (Lipinski definition) is 0. The van der Waals surface area contributed by atoms with Crippen molar-refractivity contribution in [1.29, 1.82) is 0 Å². The summed E-state index contributed by atoms with van der Waals surface area (Å²) >= 11 is 0. The van der Waals surface area contributed by atoms with E-state index in [9.17, 15) is 4.79 Å². The monoisotopic (exact) mass is 277 g/mol. The average Bonchev–Trinajstić information content (AvgIpc) is 2.51. The molecule has 0 radical (unpaired) electrons. The number of hydrogen-bond acceptors (Lipinski definition) is 3. The topological polar surface area (TPSA) is 47.9 Å². The minimum absolute atomic E-state index is 0.400. The first-order chi connectivity index (χ1) is 9.59. The summed E-state index contributed by atoms with van der Waals surface area (Å²) in [7, 11) is 1.60. The third kappa shape index (κ3) is 4.37. The summed E-state index contributed by atoms with van der Waals surface area (Å²) < 4.78 is 10.6. The van der Waals surface area contributed by atoms with Crippen molar-refractivity contribution >= 4 is 12.3 Å². The molecule has 1 aromatic carbocycles. The van der Waals surface area contributed by atoms with Crippen LogP contribution in [0.3, 0.4) is 0 Å². The normalized spacial score (nSPS) is 11.6. The second-order valence-corrected chi connectivity index (χ2v) is 4.65. The van der Waals surface area contributed by atoms with Crippen molar-refractivity contribution in [3.05, 3.63) is 29.8 Å². The molecule has 0 aliphatic rings. The van der Waals surface area contributed by atoms with Gasteiger partial charge in [0.2, 0.25) is 0 Å². The van der Waals surface area contributed by atoms with Crippen molar-refractivity contribution in [2.75, 3.05) is 7.11 Å². The fourth-order valence-electron chi connectivity index (χ4n) is 2.03. The molecule has 0 saturated heterocycles. The Hall–Kier alpha value is -1.84. The van der Waals surface area contributed by atoms with E-state index in [1.807, 2.05) is 45.0 Å². The number of aliphatic imine (C=N–C) groups is 1. The molecule has 0 atom stereocenters. The smallest absolute Gasteiger partial charge is 0.434 e. The molecule has 0 aromatic heterocycles. The van der Waals surface area contributed by atoms with E-state index < -0.39 is 11.7 Å². The minimum atomic E-state index is -0.543. The lowest BCUT2D eigenvalue weighted by atomic mass is 9.94. The van der Waals surface area contributed by atoms with Gasteiger partial charge in [-0.3, -0.25) is 0 Å². The van der Waals surface area contributed by atoms with Crippen LogP contribution in [0, 0.1) is 0 Å². The van der Waals surface area contributed by atoms with Crippen LogP contribution in [-0.4, -0.2) is 25.0 Å². The lowest BCUT2D eigenvalue weighted by molar-refractivity contribution is 0.00742. The quantitative estimate of drug-likeness (QED) is 0.731. The van der Waals surface area contributed by atoms with Gasteiger partial charge in [0, 0.05) is 6.21 Å². The highest BCUT2D eigenvalue weighted by molar-refractivity contribution is 5.89. The number of nitrogens with zero attached hydrogens (tertiary/aromatic N) is 1. The molecule has 0 heterocycles. The highest BCUT2D eigenvalue weighted by Gasteiger charge is 2.28. The minimum Gasteiger partial charge on any atom is -0.497 e. The van der Waals surface area contributed by atoms with Gasteiger partial charge in [-0.15, -0.1) is 0 Å². The van der Waals surface area contributed by atoms with E-state index in [-0.39, 0.29) is 0 Å². The highest BCUT2D eigenvalue weighted by Crippen LogP contribution is 2.25. The third-order valence-corrected chi connectivity index (χ3v) is 3.65. The predicted octanol–water partition coefficient (Wildman–Crippen LogP) is 4.22. The molecule has 1 aromatic rings. The van der Waals surface area contributed by atoms with Crippen LogP contribution in [-0.2, 0) is 4.74 Å². The maximum atomic E-state index is 11.8. The van der Waals surface area contributed by atoms with Crippen molar-refractivity contribution in [3.8, 4) is 5.75 Å². The molecule has 0 fully saturated rings. The van der Waals surface area contributed by atoms with Gasteiger partial charge in [-0.1, -0.05) is 32.9 Å². The maximum absolute atomic E-state index is 11.8. The van der Waals surface area contributed by atoms with Crippen LogP contribution in [0.4, 0.5) is 4.79 Å². The predicted molar refractivity (Wildman–Crippen MR) is 80.7 cm³/mol. The second kappa shape index (κ2) is 7.68. The first-order valence-electron chi connectivity index (χ1n) is 7.00. The standard InChI is InChI=1S/C16H23NO3/c1-5-16(6-2,7-3)20-15(18)17-12-13-9-8-10-14(11-13)19-4/h8-12H,5-7H2,1-4H3/b17-12+. The third-order valence-electron chi connectivity index (χ3n) is 3.65. The first kappa shape index (κ1) is 16.2.